The van der Waals surface area contributed by atoms with Crippen LogP contribution in [0, 0.1) is 16.7 Å². The highest BCUT2D eigenvalue weighted by atomic mass is 16.5. The van der Waals surface area contributed by atoms with Crippen molar-refractivity contribution in [1.29, 1.82) is 0 Å². The van der Waals surface area contributed by atoms with E-state index in [1.165, 1.54) is 37.9 Å². The van der Waals surface area contributed by atoms with Crippen LogP contribution in [0.15, 0.2) is 23.8 Å². The summed E-state index contributed by atoms with van der Waals surface area (Å²) < 4.78 is 6.11. The molecule has 0 bridgehead atoms. The average Bonchev–Trinajstić information content (AvgIpc) is 2.45. The zero-order valence-electron chi connectivity index (χ0n) is 16.9. The molecule has 24 heavy (non-hydrogen) atoms. The van der Waals surface area contributed by atoms with Crippen molar-refractivity contribution in [2.75, 3.05) is 26.2 Å². The molecule has 2 aliphatic rings. The van der Waals surface area contributed by atoms with E-state index >= 15 is 0 Å². The van der Waals surface area contributed by atoms with Crippen LogP contribution in [-0.4, -0.2) is 37.2 Å². The molecule has 1 heterocycles. The minimum Gasteiger partial charge on any atom is -0.372 e. The van der Waals surface area contributed by atoms with E-state index in [4.69, 9.17) is 4.74 Å². The molecule has 1 aliphatic heterocycles. The predicted octanol–water partition coefficient (Wildman–Crippen LogP) is 5.45. The van der Waals surface area contributed by atoms with Crippen molar-refractivity contribution in [1.82, 2.24) is 4.90 Å². The third-order valence-corrected chi connectivity index (χ3v) is 5.29. The fourth-order valence-corrected chi connectivity index (χ4v) is 4.48. The number of allylic oxidation sites excluding steroid dienone is 2. The Labute approximate surface area is 150 Å². The highest BCUT2D eigenvalue weighted by Gasteiger charge is 2.29. The van der Waals surface area contributed by atoms with Gasteiger partial charge < -0.3 is 9.64 Å². The molecule has 138 valence electrons. The van der Waals surface area contributed by atoms with Gasteiger partial charge in [-0.15, -0.1) is 0 Å². The van der Waals surface area contributed by atoms with Gasteiger partial charge in [0, 0.05) is 13.1 Å². The second kappa shape index (κ2) is 8.19. The Morgan fingerprint density at radius 3 is 2.54 bits per heavy atom. The van der Waals surface area contributed by atoms with E-state index in [9.17, 15) is 0 Å². The Morgan fingerprint density at radius 2 is 1.96 bits per heavy atom. The molecular formula is C22H39NO. The number of hydrogen-bond donors (Lipinski definition) is 0. The predicted molar refractivity (Wildman–Crippen MR) is 104 cm³/mol. The molecule has 2 rings (SSSR count). The Hall–Kier alpha value is -0.600. The summed E-state index contributed by atoms with van der Waals surface area (Å²) in [6.45, 7) is 18.5. The molecule has 2 unspecified atom stereocenters. The molecule has 0 aromatic rings. The molecule has 2 nitrogen and oxygen atoms in total. The van der Waals surface area contributed by atoms with Crippen molar-refractivity contribution in [3.63, 3.8) is 0 Å². The normalized spacial score (nSPS) is 26.5. The van der Waals surface area contributed by atoms with Gasteiger partial charge in [-0.2, -0.15) is 0 Å². The van der Waals surface area contributed by atoms with Crippen LogP contribution in [-0.2, 0) is 4.74 Å². The van der Waals surface area contributed by atoms with Crippen molar-refractivity contribution in [2.45, 2.75) is 73.3 Å². The highest BCUT2D eigenvalue weighted by molar-refractivity contribution is 5.30. The van der Waals surface area contributed by atoms with Crippen LogP contribution in [0.3, 0.4) is 0 Å². The van der Waals surface area contributed by atoms with Crippen LogP contribution in [0.25, 0.3) is 0 Å². The molecule has 0 aromatic carbocycles. The number of piperidine rings is 1. The lowest BCUT2D eigenvalue weighted by Crippen LogP contribution is -2.37. The van der Waals surface area contributed by atoms with Gasteiger partial charge in [0.15, 0.2) is 0 Å². The first kappa shape index (κ1) is 19.7. The summed E-state index contributed by atoms with van der Waals surface area (Å²) >= 11 is 0. The molecule has 0 aromatic heterocycles. The minimum atomic E-state index is 0.240. The van der Waals surface area contributed by atoms with Crippen molar-refractivity contribution in [2.24, 2.45) is 16.7 Å². The molecule has 2 heteroatoms. The van der Waals surface area contributed by atoms with Crippen molar-refractivity contribution in [3.8, 4) is 0 Å². The van der Waals surface area contributed by atoms with Crippen LogP contribution in [0.1, 0.15) is 67.2 Å². The zero-order valence-corrected chi connectivity index (χ0v) is 16.9. The van der Waals surface area contributed by atoms with Crippen LogP contribution < -0.4 is 0 Å². The highest BCUT2D eigenvalue weighted by Crippen LogP contribution is 2.40. The lowest BCUT2D eigenvalue weighted by Gasteiger charge is -2.35. The van der Waals surface area contributed by atoms with Gasteiger partial charge in [-0.25, -0.2) is 0 Å². The summed E-state index contributed by atoms with van der Waals surface area (Å²) in [6.07, 6.45) is 12.2. The number of hydrogen-bond acceptors (Lipinski definition) is 2. The standard InChI is InChI=1S/C22H39NO/c1-18-8-7-13-23(16-18)14-15-24-20-11-9-19(10-12-20)22(5,6)17-21(2,3)4/h9-11,18,20H,7-8,12-17H2,1-6H3. The van der Waals surface area contributed by atoms with Gasteiger partial charge in [0.2, 0.25) is 0 Å². The van der Waals surface area contributed by atoms with Gasteiger partial charge in [-0.3, -0.25) is 0 Å². The Kier molecular flexibility index (Phi) is 6.73. The Balaban J connectivity index is 1.74. The maximum atomic E-state index is 6.11. The van der Waals surface area contributed by atoms with Gasteiger partial charge in [0.1, 0.15) is 0 Å². The second-order valence-corrected chi connectivity index (χ2v) is 9.83. The molecule has 1 fully saturated rings. The summed E-state index contributed by atoms with van der Waals surface area (Å²) in [7, 11) is 0. The quantitative estimate of drug-likeness (QED) is 0.640. The number of likely N-dealkylation sites (tertiary alicyclic amines) is 1. The summed E-state index contributed by atoms with van der Waals surface area (Å²) in [6, 6.07) is 0. The molecule has 0 radical (unpaired) electrons. The summed E-state index contributed by atoms with van der Waals surface area (Å²) in [4.78, 5) is 2.56. The van der Waals surface area contributed by atoms with E-state index in [0.717, 1.165) is 25.5 Å². The van der Waals surface area contributed by atoms with E-state index in [2.05, 4.69) is 64.7 Å². The topological polar surface area (TPSA) is 12.5 Å². The van der Waals surface area contributed by atoms with E-state index in [0.29, 0.717) is 5.41 Å². The van der Waals surface area contributed by atoms with Gasteiger partial charge in [-0.05, 0) is 54.5 Å². The molecule has 1 saturated heterocycles. The van der Waals surface area contributed by atoms with Gasteiger partial charge in [0.25, 0.3) is 0 Å². The number of rotatable bonds is 6. The fraction of sp³-hybridized carbons (Fsp3) is 0.818. The first-order chi connectivity index (χ1) is 11.2. The van der Waals surface area contributed by atoms with E-state index in [1.54, 1.807) is 0 Å². The summed E-state index contributed by atoms with van der Waals surface area (Å²) in [5.74, 6) is 0.851. The van der Waals surface area contributed by atoms with Gasteiger partial charge >= 0.3 is 0 Å². The van der Waals surface area contributed by atoms with Gasteiger partial charge in [-0.1, -0.05) is 59.8 Å². The fourth-order valence-electron chi connectivity index (χ4n) is 4.48. The average molecular weight is 334 g/mol. The lowest BCUT2D eigenvalue weighted by atomic mass is 9.71. The summed E-state index contributed by atoms with van der Waals surface area (Å²) in [5, 5.41) is 0. The largest absolute Gasteiger partial charge is 0.372 e. The molecule has 0 N–H and O–H groups in total. The van der Waals surface area contributed by atoms with Crippen LogP contribution in [0.5, 0.6) is 0 Å². The van der Waals surface area contributed by atoms with Crippen molar-refractivity contribution >= 4 is 0 Å². The van der Waals surface area contributed by atoms with Gasteiger partial charge in [0.05, 0.1) is 12.7 Å². The third-order valence-electron chi connectivity index (χ3n) is 5.29. The molecule has 2 atom stereocenters. The Bertz CT molecular complexity index is 455. The molecule has 0 amide bonds. The first-order valence-electron chi connectivity index (χ1n) is 9.88. The second-order valence-electron chi connectivity index (χ2n) is 9.83. The summed E-state index contributed by atoms with van der Waals surface area (Å²) in [5.41, 5.74) is 2.07. The SMILES string of the molecule is CC1CCCN(CCOC2C=CC(C(C)(C)CC(C)(C)C)=CC2)C1. The number of nitrogens with zero attached hydrogens (tertiary/aromatic N) is 1. The molecular weight excluding hydrogens is 294 g/mol. The lowest BCUT2D eigenvalue weighted by molar-refractivity contribution is 0.0550. The van der Waals surface area contributed by atoms with Crippen molar-refractivity contribution in [3.05, 3.63) is 23.8 Å². The smallest absolute Gasteiger partial charge is 0.0794 e. The number of ether oxygens (including phenoxy) is 1. The molecule has 1 aliphatic carbocycles. The van der Waals surface area contributed by atoms with E-state index in [-0.39, 0.29) is 11.5 Å². The van der Waals surface area contributed by atoms with Crippen LogP contribution >= 0.6 is 0 Å². The van der Waals surface area contributed by atoms with Crippen LogP contribution in [0.4, 0.5) is 0 Å². The Morgan fingerprint density at radius 1 is 1.21 bits per heavy atom. The minimum absolute atomic E-state index is 0.240. The molecule has 0 spiro atoms. The monoisotopic (exact) mass is 333 g/mol. The maximum absolute atomic E-state index is 6.11. The van der Waals surface area contributed by atoms with E-state index < -0.39 is 0 Å². The van der Waals surface area contributed by atoms with E-state index in [1.807, 2.05) is 0 Å². The third kappa shape index (κ3) is 6.37. The van der Waals surface area contributed by atoms with Crippen molar-refractivity contribution < 1.29 is 4.74 Å². The molecule has 0 saturated carbocycles. The van der Waals surface area contributed by atoms with Crippen LogP contribution in [0.2, 0.25) is 0 Å². The first-order valence-corrected chi connectivity index (χ1v) is 9.88. The maximum Gasteiger partial charge on any atom is 0.0794 e. The zero-order chi connectivity index (χ0) is 17.8.